The molecule has 0 saturated heterocycles. The lowest BCUT2D eigenvalue weighted by atomic mass is 9.96. The lowest BCUT2D eigenvalue weighted by molar-refractivity contribution is 0.109. The third-order valence-corrected chi connectivity index (χ3v) is 8.53. The molecule has 5 rings (SSSR count). The highest BCUT2D eigenvalue weighted by Gasteiger charge is 2.40. The Morgan fingerprint density at radius 1 is 1.17 bits per heavy atom. The second-order valence-electron chi connectivity index (χ2n) is 11.0. The van der Waals surface area contributed by atoms with Crippen LogP contribution >= 0.6 is 0 Å². The molecule has 2 aromatic heterocycles. The molecule has 2 heterocycles. The summed E-state index contributed by atoms with van der Waals surface area (Å²) in [5.74, 6) is -0.211. The number of benzene rings is 1. The summed E-state index contributed by atoms with van der Waals surface area (Å²) >= 11 is 0. The van der Waals surface area contributed by atoms with Crippen LogP contribution in [-0.2, 0) is 16.6 Å². The molecule has 1 aromatic carbocycles. The van der Waals surface area contributed by atoms with Crippen LogP contribution in [0.3, 0.4) is 0 Å². The van der Waals surface area contributed by atoms with Crippen molar-refractivity contribution >= 4 is 20.9 Å². The van der Waals surface area contributed by atoms with Gasteiger partial charge in [-0.2, -0.15) is 0 Å². The van der Waals surface area contributed by atoms with Crippen LogP contribution in [-0.4, -0.2) is 29.6 Å². The number of sulfonamides is 1. The molecule has 5 nitrogen and oxygen atoms in total. The van der Waals surface area contributed by atoms with Gasteiger partial charge in [0.15, 0.2) is 0 Å². The van der Waals surface area contributed by atoms with Gasteiger partial charge in [0.05, 0.1) is 10.9 Å². The van der Waals surface area contributed by atoms with E-state index in [0.29, 0.717) is 42.1 Å². The summed E-state index contributed by atoms with van der Waals surface area (Å²) in [5.41, 5.74) is 2.34. The maximum absolute atomic E-state index is 15.6. The molecule has 0 bridgehead atoms. The fraction of sp³-hybridized carbons (Fsp3) is 0.500. The number of hydrogen-bond donors (Lipinski definition) is 1. The maximum atomic E-state index is 15.6. The molecule has 9 heteroatoms. The first-order valence-corrected chi connectivity index (χ1v) is 13.6. The normalized spacial score (nSPS) is 17.9. The maximum Gasteiger partial charge on any atom is 0.258 e. The van der Waals surface area contributed by atoms with E-state index in [9.17, 15) is 17.2 Å². The van der Waals surface area contributed by atoms with Crippen molar-refractivity contribution in [3.8, 4) is 11.3 Å². The predicted molar refractivity (Wildman–Crippen MR) is 130 cm³/mol. The molecule has 2 aliphatic rings. The molecule has 35 heavy (non-hydrogen) atoms. The molecule has 3 aromatic rings. The van der Waals surface area contributed by atoms with Crippen LogP contribution in [0, 0.1) is 11.2 Å². The second-order valence-corrected chi connectivity index (χ2v) is 13.0. The Bertz CT molecular complexity index is 1370. The van der Waals surface area contributed by atoms with Gasteiger partial charge in [-0.1, -0.05) is 26.8 Å². The summed E-state index contributed by atoms with van der Waals surface area (Å²) in [6.45, 7) is 6.55. The third kappa shape index (κ3) is 4.98. The summed E-state index contributed by atoms with van der Waals surface area (Å²) in [6.07, 6.45) is 3.17. The molecular formula is C26H30F3N3O2S. The number of pyridine rings is 1. The highest BCUT2D eigenvalue weighted by Crippen LogP contribution is 2.45. The number of aromatic nitrogens is 2. The first-order valence-electron chi connectivity index (χ1n) is 12.0. The van der Waals surface area contributed by atoms with Gasteiger partial charge in [-0.3, -0.25) is 4.98 Å². The van der Waals surface area contributed by atoms with E-state index >= 15 is 4.39 Å². The molecule has 0 aliphatic heterocycles. The summed E-state index contributed by atoms with van der Waals surface area (Å²) in [5, 5.41) is -0.358. The van der Waals surface area contributed by atoms with Crippen molar-refractivity contribution in [3.63, 3.8) is 0 Å². The molecular weight excluding hydrogens is 475 g/mol. The molecule has 0 spiro atoms. The number of nitrogens with zero attached hydrogens (tertiary/aromatic N) is 2. The Kier molecular flexibility index (Phi) is 5.99. The molecule has 2 aliphatic carbocycles. The average Bonchev–Trinajstić information content (AvgIpc) is 3.67. The van der Waals surface area contributed by atoms with E-state index in [1.807, 2.05) is 37.5 Å². The molecule has 1 atom stereocenters. The van der Waals surface area contributed by atoms with E-state index in [0.717, 1.165) is 18.4 Å². The van der Waals surface area contributed by atoms with Gasteiger partial charge < -0.3 is 4.57 Å². The Morgan fingerprint density at radius 3 is 2.49 bits per heavy atom. The van der Waals surface area contributed by atoms with Gasteiger partial charge in [0.1, 0.15) is 11.9 Å². The number of rotatable bonds is 8. The van der Waals surface area contributed by atoms with Gasteiger partial charge in [0.25, 0.3) is 6.43 Å². The van der Waals surface area contributed by atoms with E-state index in [-0.39, 0.29) is 16.4 Å². The highest BCUT2D eigenvalue weighted by atomic mass is 32.2. The number of fused-ring (bicyclic) bond motifs is 1. The Labute approximate surface area is 203 Å². The SMILES string of the molecule is CC(C)(C)Cn1cc([C@H](NS(=O)(=O)C2CC2)C(F)F)c2cc(F)c(-c3ncccc3C3CC3)cc21. The van der Waals surface area contributed by atoms with Crippen molar-refractivity contribution < 1.29 is 21.6 Å². The van der Waals surface area contributed by atoms with Gasteiger partial charge in [-0.05, 0) is 60.8 Å². The molecule has 188 valence electrons. The van der Waals surface area contributed by atoms with Crippen molar-refractivity contribution in [3.05, 3.63) is 53.6 Å². The number of hydrogen-bond acceptors (Lipinski definition) is 3. The smallest absolute Gasteiger partial charge is 0.258 e. The van der Waals surface area contributed by atoms with E-state index in [2.05, 4.69) is 9.71 Å². The molecule has 0 radical (unpaired) electrons. The summed E-state index contributed by atoms with van der Waals surface area (Å²) in [4.78, 5) is 4.47. The van der Waals surface area contributed by atoms with Crippen LogP contribution in [0.15, 0.2) is 36.7 Å². The zero-order valence-corrected chi connectivity index (χ0v) is 20.9. The topological polar surface area (TPSA) is 64.0 Å². The zero-order chi connectivity index (χ0) is 25.1. The van der Waals surface area contributed by atoms with Crippen molar-refractivity contribution in [2.45, 2.75) is 76.6 Å². The van der Waals surface area contributed by atoms with Gasteiger partial charge in [-0.15, -0.1) is 0 Å². The first kappa shape index (κ1) is 24.3. The minimum Gasteiger partial charge on any atom is -0.347 e. The van der Waals surface area contributed by atoms with Crippen LogP contribution in [0.1, 0.15) is 69.5 Å². The summed E-state index contributed by atoms with van der Waals surface area (Å²) in [6, 6.07) is 4.97. The van der Waals surface area contributed by atoms with Crippen molar-refractivity contribution in [1.29, 1.82) is 0 Å². The fourth-order valence-corrected chi connectivity index (χ4v) is 6.21. The minimum atomic E-state index is -3.89. The van der Waals surface area contributed by atoms with Crippen LogP contribution in [0.4, 0.5) is 13.2 Å². The van der Waals surface area contributed by atoms with Gasteiger partial charge >= 0.3 is 0 Å². The highest BCUT2D eigenvalue weighted by molar-refractivity contribution is 7.90. The van der Waals surface area contributed by atoms with Crippen LogP contribution in [0.2, 0.25) is 0 Å². The van der Waals surface area contributed by atoms with Gasteiger partial charge in [0, 0.05) is 41.0 Å². The lowest BCUT2D eigenvalue weighted by Crippen LogP contribution is -2.35. The zero-order valence-electron chi connectivity index (χ0n) is 20.1. The molecule has 0 unspecified atom stereocenters. The monoisotopic (exact) mass is 505 g/mol. The first-order chi connectivity index (χ1) is 16.4. The third-order valence-electron chi connectivity index (χ3n) is 6.60. The lowest BCUT2D eigenvalue weighted by Gasteiger charge is -2.20. The molecule has 1 N–H and O–H groups in total. The summed E-state index contributed by atoms with van der Waals surface area (Å²) in [7, 11) is -3.89. The van der Waals surface area contributed by atoms with Crippen molar-refractivity contribution in [2.24, 2.45) is 5.41 Å². The quantitative estimate of drug-likeness (QED) is 0.399. The molecule has 2 fully saturated rings. The van der Waals surface area contributed by atoms with Gasteiger partial charge in [-0.25, -0.2) is 26.3 Å². The van der Waals surface area contributed by atoms with Crippen molar-refractivity contribution in [1.82, 2.24) is 14.3 Å². The minimum absolute atomic E-state index is 0.0809. The van der Waals surface area contributed by atoms with Crippen LogP contribution < -0.4 is 4.72 Å². The second kappa shape index (κ2) is 8.62. The van der Waals surface area contributed by atoms with Crippen LogP contribution in [0.5, 0.6) is 0 Å². The Morgan fingerprint density at radius 2 is 1.89 bits per heavy atom. The fourth-order valence-electron chi connectivity index (χ4n) is 4.68. The summed E-state index contributed by atoms with van der Waals surface area (Å²) < 4.78 is 73.1. The van der Waals surface area contributed by atoms with E-state index in [1.54, 1.807) is 18.5 Å². The van der Waals surface area contributed by atoms with Gasteiger partial charge in [0.2, 0.25) is 10.0 Å². The van der Waals surface area contributed by atoms with E-state index in [4.69, 9.17) is 0 Å². The number of alkyl halides is 2. The number of nitrogens with one attached hydrogen (secondary N) is 1. The largest absolute Gasteiger partial charge is 0.347 e. The Hall–Kier alpha value is -2.39. The van der Waals surface area contributed by atoms with Crippen molar-refractivity contribution in [2.75, 3.05) is 0 Å². The van der Waals surface area contributed by atoms with E-state index < -0.39 is 33.6 Å². The predicted octanol–water partition coefficient (Wildman–Crippen LogP) is 6.15. The molecule has 2 saturated carbocycles. The van der Waals surface area contributed by atoms with E-state index in [1.165, 1.54) is 6.07 Å². The van der Waals surface area contributed by atoms with Crippen LogP contribution in [0.25, 0.3) is 22.2 Å². The molecule has 0 amide bonds. The average molecular weight is 506 g/mol. The standard InChI is InChI=1S/C26H30F3N3O2S/c1-26(2,3)14-32-13-20(24(25(28)29)31-35(33,34)16-8-9-16)18-11-21(27)19(12-22(18)32)23-17(15-6-7-15)5-4-10-30-23/h4-5,10-13,15-16,24-25,31H,6-9,14H2,1-3H3/t24-/m0/s1. The Balaban J connectivity index is 1.68. The number of halogens is 3.